The van der Waals surface area contributed by atoms with Crippen LogP contribution < -0.4 is 15.4 Å². The predicted octanol–water partition coefficient (Wildman–Crippen LogP) is 4.62. The van der Waals surface area contributed by atoms with Crippen LogP contribution in [0.15, 0.2) is 78.9 Å². The molecule has 6 nitrogen and oxygen atoms in total. The van der Waals surface area contributed by atoms with Crippen molar-refractivity contribution in [1.29, 1.82) is 5.41 Å². The van der Waals surface area contributed by atoms with E-state index in [1.807, 2.05) is 83.8 Å². The van der Waals surface area contributed by atoms with E-state index in [9.17, 15) is 4.79 Å². The standard InChI is InChI=1S/C27H29ClN4O2/c28-22-9-6-20(7-10-22)8-15-25(26(29)30)34-24-13-11-23(12-14-24)31-16-18-32(19-17-31)27(33)21-4-2-1-3-5-21/h1-7,9-14,25H,8,15-19H2,(H3,29,30). The summed E-state index contributed by atoms with van der Waals surface area (Å²) in [5, 5.41) is 8.61. The van der Waals surface area contributed by atoms with Gasteiger partial charge in [0.2, 0.25) is 0 Å². The number of nitrogens with zero attached hydrogens (tertiary/aromatic N) is 2. The van der Waals surface area contributed by atoms with Gasteiger partial charge in [0.15, 0.2) is 6.10 Å². The van der Waals surface area contributed by atoms with Crippen LogP contribution >= 0.6 is 11.6 Å². The van der Waals surface area contributed by atoms with Crippen molar-refractivity contribution < 1.29 is 9.53 Å². The smallest absolute Gasteiger partial charge is 0.253 e. The van der Waals surface area contributed by atoms with Crippen molar-refractivity contribution in [1.82, 2.24) is 4.90 Å². The second-order valence-corrected chi connectivity index (χ2v) is 8.80. The zero-order valence-corrected chi connectivity index (χ0v) is 19.7. The number of carbonyl (C=O) groups excluding carboxylic acids is 1. The summed E-state index contributed by atoms with van der Waals surface area (Å²) < 4.78 is 6.01. The zero-order chi connectivity index (χ0) is 23.9. The van der Waals surface area contributed by atoms with E-state index in [0.717, 1.165) is 36.3 Å². The van der Waals surface area contributed by atoms with Gasteiger partial charge in [-0.2, -0.15) is 0 Å². The maximum Gasteiger partial charge on any atom is 0.253 e. The van der Waals surface area contributed by atoms with Gasteiger partial charge in [0.25, 0.3) is 5.91 Å². The van der Waals surface area contributed by atoms with Crippen LogP contribution in [0.1, 0.15) is 22.3 Å². The van der Waals surface area contributed by atoms with Gasteiger partial charge in [-0.1, -0.05) is 41.9 Å². The molecule has 3 aromatic carbocycles. The second-order valence-electron chi connectivity index (χ2n) is 8.37. The Kier molecular flexibility index (Phi) is 7.70. The number of carbonyl (C=O) groups is 1. The van der Waals surface area contributed by atoms with E-state index in [1.165, 1.54) is 0 Å². The van der Waals surface area contributed by atoms with Crippen LogP contribution in [0.3, 0.4) is 0 Å². The molecule has 0 spiro atoms. The van der Waals surface area contributed by atoms with Crippen LogP contribution in [0.4, 0.5) is 5.69 Å². The van der Waals surface area contributed by atoms with E-state index in [0.29, 0.717) is 30.3 Å². The van der Waals surface area contributed by atoms with Crippen molar-refractivity contribution in [3.8, 4) is 5.75 Å². The van der Waals surface area contributed by atoms with Crippen LogP contribution in [-0.2, 0) is 6.42 Å². The average molecular weight is 477 g/mol. The molecule has 0 saturated carbocycles. The minimum absolute atomic E-state index is 0.0113. The molecule has 7 heteroatoms. The lowest BCUT2D eigenvalue weighted by molar-refractivity contribution is 0.0747. The van der Waals surface area contributed by atoms with E-state index in [4.69, 9.17) is 27.5 Å². The van der Waals surface area contributed by atoms with Gasteiger partial charge in [0, 0.05) is 42.5 Å². The van der Waals surface area contributed by atoms with Crippen molar-refractivity contribution >= 4 is 29.0 Å². The van der Waals surface area contributed by atoms with Gasteiger partial charge in [-0.25, -0.2) is 0 Å². The van der Waals surface area contributed by atoms with E-state index in [2.05, 4.69) is 4.90 Å². The van der Waals surface area contributed by atoms with Gasteiger partial charge in [-0.3, -0.25) is 10.2 Å². The summed E-state index contributed by atoms with van der Waals surface area (Å²) in [4.78, 5) is 16.8. The number of hydrogen-bond acceptors (Lipinski definition) is 4. The number of amidine groups is 1. The normalized spacial score (nSPS) is 14.5. The van der Waals surface area contributed by atoms with Crippen LogP contribution in [0.5, 0.6) is 5.75 Å². The Morgan fingerprint density at radius 2 is 1.59 bits per heavy atom. The first-order valence-electron chi connectivity index (χ1n) is 11.4. The third kappa shape index (κ3) is 6.08. The summed E-state index contributed by atoms with van der Waals surface area (Å²) >= 11 is 5.95. The van der Waals surface area contributed by atoms with Gasteiger partial charge < -0.3 is 20.3 Å². The van der Waals surface area contributed by atoms with Gasteiger partial charge in [-0.05, 0) is 66.9 Å². The summed E-state index contributed by atoms with van der Waals surface area (Å²) in [5.74, 6) is 0.771. The number of rotatable bonds is 8. The third-order valence-electron chi connectivity index (χ3n) is 6.02. The summed E-state index contributed by atoms with van der Waals surface area (Å²) in [5.41, 5.74) is 8.73. The first-order chi connectivity index (χ1) is 16.5. The lowest BCUT2D eigenvalue weighted by Crippen LogP contribution is -2.48. The molecule has 4 rings (SSSR count). The van der Waals surface area contributed by atoms with Gasteiger partial charge >= 0.3 is 0 Å². The molecule has 176 valence electrons. The van der Waals surface area contributed by atoms with Crippen LogP contribution in [0, 0.1) is 5.41 Å². The number of piperazine rings is 1. The van der Waals surface area contributed by atoms with Crippen molar-refractivity contribution in [2.45, 2.75) is 18.9 Å². The predicted molar refractivity (Wildman–Crippen MR) is 137 cm³/mol. The minimum atomic E-state index is -0.492. The number of aryl methyl sites for hydroxylation is 1. The van der Waals surface area contributed by atoms with Crippen LogP contribution in [-0.4, -0.2) is 48.9 Å². The van der Waals surface area contributed by atoms with E-state index in [-0.39, 0.29) is 11.7 Å². The Labute approximate surface area is 205 Å². The first-order valence-corrected chi connectivity index (χ1v) is 11.8. The van der Waals surface area contributed by atoms with E-state index >= 15 is 0 Å². The number of halogens is 1. The highest BCUT2D eigenvalue weighted by molar-refractivity contribution is 6.30. The number of nitrogens with two attached hydrogens (primary N) is 1. The molecular formula is C27H29ClN4O2. The van der Waals surface area contributed by atoms with Crippen molar-refractivity contribution in [3.05, 3.63) is 95.0 Å². The molecule has 1 saturated heterocycles. The molecule has 34 heavy (non-hydrogen) atoms. The molecule has 1 unspecified atom stereocenters. The summed E-state index contributed by atoms with van der Waals surface area (Å²) in [6.07, 6.45) is 0.857. The average Bonchev–Trinajstić information content (AvgIpc) is 2.88. The lowest BCUT2D eigenvalue weighted by atomic mass is 10.1. The number of hydrogen-bond donors (Lipinski definition) is 2. The third-order valence-corrected chi connectivity index (χ3v) is 6.28. The molecule has 1 heterocycles. The van der Waals surface area contributed by atoms with Gasteiger partial charge in [0.1, 0.15) is 11.6 Å². The molecule has 1 amide bonds. The van der Waals surface area contributed by atoms with E-state index < -0.39 is 6.10 Å². The molecule has 3 N–H and O–H groups in total. The Hall–Kier alpha value is -3.51. The fourth-order valence-electron chi connectivity index (χ4n) is 4.06. The van der Waals surface area contributed by atoms with Crippen molar-refractivity contribution in [2.75, 3.05) is 31.1 Å². The quantitative estimate of drug-likeness (QED) is 0.367. The Morgan fingerprint density at radius 3 is 2.21 bits per heavy atom. The number of benzene rings is 3. The molecule has 1 aliphatic heterocycles. The van der Waals surface area contributed by atoms with Crippen LogP contribution in [0.2, 0.25) is 5.02 Å². The fourth-order valence-corrected chi connectivity index (χ4v) is 4.18. The maximum absolute atomic E-state index is 12.7. The van der Waals surface area contributed by atoms with Gasteiger partial charge in [0.05, 0.1) is 0 Å². The maximum atomic E-state index is 12.7. The topological polar surface area (TPSA) is 82.7 Å². The molecule has 1 atom stereocenters. The number of nitrogens with one attached hydrogen (secondary N) is 1. The number of anilines is 1. The van der Waals surface area contributed by atoms with E-state index in [1.54, 1.807) is 0 Å². The number of amides is 1. The molecule has 0 radical (unpaired) electrons. The highest BCUT2D eigenvalue weighted by Gasteiger charge is 2.22. The SMILES string of the molecule is N=C(N)C(CCc1ccc(Cl)cc1)Oc1ccc(N2CCN(C(=O)c3ccccc3)CC2)cc1. The molecular weight excluding hydrogens is 448 g/mol. The molecule has 0 aliphatic carbocycles. The molecule has 3 aromatic rings. The molecule has 0 aromatic heterocycles. The Balaban J connectivity index is 1.30. The van der Waals surface area contributed by atoms with Crippen molar-refractivity contribution in [2.24, 2.45) is 5.73 Å². The Morgan fingerprint density at radius 1 is 0.941 bits per heavy atom. The highest BCUT2D eigenvalue weighted by atomic mass is 35.5. The number of ether oxygens (including phenoxy) is 1. The Bertz CT molecular complexity index is 1100. The molecule has 1 fully saturated rings. The largest absolute Gasteiger partial charge is 0.483 e. The first kappa shape index (κ1) is 23.6. The molecule has 1 aliphatic rings. The van der Waals surface area contributed by atoms with Crippen LogP contribution in [0.25, 0.3) is 0 Å². The minimum Gasteiger partial charge on any atom is -0.483 e. The fraction of sp³-hybridized carbons (Fsp3) is 0.259. The van der Waals surface area contributed by atoms with Gasteiger partial charge in [-0.15, -0.1) is 0 Å². The zero-order valence-electron chi connectivity index (χ0n) is 19.0. The summed E-state index contributed by atoms with van der Waals surface area (Å²) in [6.45, 7) is 2.91. The lowest BCUT2D eigenvalue weighted by Gasteiger charge is -2.36. The second kappa shape index (κ2) is 11.1. The summed E-state index contributed by atoms with van der Waals surface area (Å²) in [7, 11) is 0. The highest BCUT2D eigenvalue weighted by Crippen LogP contribution is 2.23. The monoisotopic (exact) mass is 476 g/mol. The molecule has 0 bridgehead atoms. The summed E-state index contributed by atoms with van der Waals surface area (Å²) in [6, 6.07) is 24.9. The van der Waals surface area contributed by atoms with Crippen molar-refractivity contribution in [3.63, 3.8) is 0 Å².